The van der Waals surface area contributed by atoms with Crippen molar-refractivity contribution in [1.82, 2.24) is 9.78 Å². The van der Waals surface area contributed by atoms with E-state index in [4.69, 9.17) is 28.9 Å². The van der Waals surface area contributed by atoms with E-state index in [-0.39, 0.29) is 12.3 Å². The Kier molecular flexibility index (Phi) is 4.52. The topological polar surface area (TPSA) is 72.9 Å². The number of nitrogens with zero attached hydrogens (tertiary/aromatic N) is 2. The molecule has 0 spiro atoms. The predicted molar refractivity (Wildman–Crippen MR) is 81.1 cm³/mol. The normalized spacial score (nSPS) is 10.6. The Hall–Kier alpha value is -1.72. The lowest BCUT2D eigenvalue weighted by Gasteiger charge is -2.10. The van der Waals surface area contributed by atoms with Crippen LogP contribution in [0.25, 0.3) is 0 Å². The van der Waals surface area contributed by atoms with Gasteiger partial charge in [0.05, 0.1) is 21.9 Å². The highest BCUT2D eigenvalue weighted by molar-refractivity contribution is 6.40. The fourth-order valence-corrected chi connectivity index (χ4v) is 2.32. The molecule has 1 heterocycles. The lowest BCUT2D eigenvalue weighted by Crippen LogP contribution is -2.15. The maximum absolute atomic E-state index is 11.9. The van der Waals surface area contributed by atoms with Gasteiger partial charge >= 0.3 is 0 Å². The second-order valence-electron chi connectivity index (χ2n) is 4.44. The Labute approximate surface area is 126 Å². The molecular weight excluding hydrogens is 299 g/mol. The Morgan fingerprint density at radius 1 is 1.40 bits per heavy atom. The number of halogens is 2. The molecule has 2 aromatic rings. The van der Waals surface area contributed by atoms with E-state index in [1.807, 2.05) is 13.1 Å². The van der Waals surface area contributed by atoms with Crippen LogP contribution in [0.15, 0.2) is 24.5 Å². The number of amides is 1. The Balaban J connectivity index is 1.98. The minimum Gasteiger partial charge on any atom is -0.399 e. The van der Waals surface area contributed by atoms with Crippen molar-refractivity contribution < 1.29 is 4.79 Å². The van der Waals surface area contributed by atoms with E-state index in [2.05, 4.69) is 10.4 Å². The number of aromatic nitrogens is 2. The third kappa shape index (κ3) is 3.65. The van der Waals surface area contributed by atoms with Gasteiger partial charge < -0.3 is 11.1 Å². The van der Waals surface area contributed by atoms with Gasteiger partial charge in [-0.3, -0.25) is 9.48 Å². The summed E-state index contributed by atoms with van der Waals surface area (Å²) in [6, 6.07) is 3.08. The number of hydrogen-bond acceptors (Lipinski definition) is 3. The quantitative estimate of drug-likeness (QED) is 0.852. The molecule has 0 bridgehead atoms. The summed E-state index contributed by atoms with van der Waals surface area (Å²) in [7, 11) is 0. The number of nitrogen functional groups attached to an aromatic ring is 1. The molecule has 0 aliphatic carbocycles. The molecule has 5 nitrogen and oxygen atoms in total. The zero-order valence-corrected chi connectivity index (χ0v) is 12.4. The summed E-state index contributed by atoms with van der Waals surface area (Å²) in [5.74, 6) is -0.188. The van der Waals surface area contributed by atoms with Crippen molar-refractivity contribution in [3.05, 3.63) is 40.1 Å². The van der Waals surface area contributed by atoms with Crippen molar-refractivity contribution in [2.24, 2.45) is 0 Å². The molecule has 3 N–H and O–H groups in total. The highest BCUT2D eigenvalue weighted by atomic mass is 35.5. The first-order valence-corrected chi connectivity index (χ1v) is 6.74. The maximum atomic E-state index is 11.9. The highest BCUT2D eigenvalue weighted by Gasteiger charge is 2.11. The van der Waals surface area contributed by atoms with Crippen molar-refractivity contribution in [2.75, 3.05) is 11.1 Å². The zero-order chi connectivity index (χ0) is 14.7. The van der Waals surface area contributed by atoms with Gasteiger partial charge in [-0.1, -0.05) is 23.2 Å². The van der Waals surface area contributed by atoms with E-state index in [1.54, 1.807) is 23.0 Å². The molecule has 2 rings (SSSR count). The van der Waals surface area contributed by atoms with Crippen LogP contribution in [0.4, 0.5) is 11.4 Å². The molecule has 1 amide bonds. The van der Waals surface area contributed by atoms with E-state index >= 15 is 0 Å². The number of rotatable bonds is 4. The van der Waals surface area contributed by atoms with Crippen LogP contribution in [0, 0.1) is 6.92 Å². The first kappa shape index (κ1) is 14.7. The summed E-state index contributed by atoms with van der Waals surface area (Å²) < 4.78 is 1.71. The zero-order valence-electron chi connectivity index (χ0n) is 10.9. The van der Waals surface area contributed by atoms with Crippen molar-refractivity contribution in [3.63, 3.8) is 0 Å². The highest BCUT2D eigenvalue weighted by Crippen LogP contribution is 2.32. The molecule has 0 atom stereocenters. The Morgan fingerprint density at radius 2 is 2.05 bits per heavy atom. The van der Waals surface area contributed by atoms with Crippen LogP contribution in [-0.4, -0.2) is 15.7 Å². The van der Waals surface area contributed by atoms with Crippen LogP contribution in [0.5, 0.6) is 0 Å². The summed E-state index contributed by atoms with van der Waals surface area (Å²) >= 11 is 12.0. The number of carbonyl (C=O) groups excluding carboxylic acids is 1. The third-order valence-electron chi connectivity index (χ3n) is 2.66. The summed E-state index contributed by atoms with van der Waals surface area (Å²) in [5.41, 5.74) is 7.48. The average Bonchev–Trinajstić information content (AvgIpc) is 2.77. The Bertz CT molecular complexity index is 616. The molecule has 0 fully saturated rings. The second-order valence-corrected chi connectivity index (χ2v) is 5.25. The largest absolute Gasteiger partial charge is 0.399 e. The number of hydrogen-bond donors (Lipinski definition) is 2. The molecule has 0 radical (unpaired) electrons. The van der Waals surface area contributed by atoms with E-state index in [0.29, 0.717) is 28.0 Å². The molecule has 7 heteroatoms. The number of anilines is 2. The molecule has 0 aliphatic rings. The molecule has 106 valence electrons. The van der Waals surface area contributed by atoms with Gasteiger partial charge in [0.1, 0.15) is 0 Å². The molecule has 1 aromatic carbocycles. The van der Waals surface area contributed by atoms with Gasteiger partial charge in [-0.2, -0.15) is 5.10 Å². The fourth-order valence-electron chi connectivity index (χ4n) is 1.72. The smallest absolute Gasteiger partial charge is 0.226 e. The standard InChI is InChI=1S/C13H14Cl2N4O/c1-8-6-17-19(7-8)3-2-12(20)18-13-10(14)4-9(16)5-11(13)15/h4-7H,2-3,16H2,1H3,(H,18,20). The number of benzene rings is 1. The third-order valence-corrected chi connectivity index (χ3v) is 3.26. The fraction of sp³-hybridized carbons (Fsp3) is 0.231. The average molecular weight is 313 g/mol. The van der Waals surface area contributed by atoms with Gasteiger partial charge in [-0.15, -0.1) is 0 Å². The molecule has 0 saturated carbocycles. The number of aryl methyl sites for hydroxylation is 2. The minimum absolute atomic E-state index is 0.188. The monoisotopic (exact) mass is 312 g/mol. The minimum atomic E-state index is -0.188. The number of nitrogens with one attached hydrogen (secondary N) is 1. The summed E-state index contributed by atoms with van der Waals surface area (Å²) in [5, 5.41) is 7.43. The van der Waals surface area contributed by atoms with Gasteiger partial charge in [0.15, 0.2) is 0 Å². The van der Waals surface area contributed by atoms with Gasteiger partial charge in [0, 0.05) is 24.8 Å². The van der Waals surface area contributed by atoms with Gasteiger partial charge in [-0.05, 0) is 24.6 Å². The van der Waals surface area contributed by atoms with Crippen molar-refractivity contribution in [3.8, 4) is 0 Å². The van der Waals surface area contributed by atoms with Crippen LogP contribution >= 0.6 is 23.2 Å². The molecule has 0 aliphatic heterocycles. The first-order valence-electron chi connectivity index (χ1n) is 5.99. The molecule has 1 aromatic heterocycles. The van der Waals surface area contributed by atoms with E-state index in [0.717, 1.165) is 5.56 Å². The molecular formula is C13H14Cl2N4O. The van der Waals surface area contributed by atoms with Crippen LogP contribution in [0.2, 0.25) is 10.0 Å². The maximum Gasteiger partial charge on any atom is 0.226 e. The van der Waals surface area contributed by atoms with Gasteiger partial charge in [0.2, 0.25) is 5.91 Å². The van der Waals surface area contributed by atoms with Crippen LogP contribution < -0.4 is 11.1 Å². The Morgan fingerprint density at radius 3 is 2.60 bits per heavy atom. The van der Waals surface area contributed by atoms with Crippen molar-refractivity contribution in [2.45, 2.75) is 19.9 Å². The summed E-state index contributed by atoms with van der Waals surface area (Å²) in [6.45, 7) is 2.43. The SMILES string of the molecule is Cc1cnn(CCC(=O)Nc2c(Cl)cc(N)cc2Cl)c1. The predicted octanol–water partition coefficient (Wildman–Crippen LogP) is 3.11. The number of carbonyl (C=O) groups is 1. The first-order chi connectivity index (χ1) is 9.45. The lowest BCUT2D eigenvalue weighted by molar-refractivity contribution is -0.116. The molecule has 0 saturated heterocycles. The van der Waals surface area contributed by atoms with Crippen LogP contribution in [-0.2, 0) is 11.3 Å². The summed E-state index contributed by atoms with van der Waals surface area (Å²) in [4.78, 5) is 11.9. The van der Waals surface area contributed by atoms with Crippen molar-refractivity contribution >= 4 is 40.5 Å². The van der Waals surface area contributed by atoms with Crippen molar-refractivity contribution in [1.29, 1.82) is 0 Å². The molecule has 0 unspecified atom stereocenters. The van der Waals surface area contributed by atoms with Gasteiger partial charge in [0.25, 0.3) is 0 Å². The second kappa shape index (κ2) is 6.15. The van der Waals surface area contributed by atoms with Gasteiger partial charge in [-0.25, -0.2) is 0 Å². The van der Waals surface area contributed by atoms with Crippen LogP contribution in [0.3, 0.4) is 0 Å². The van der Waals surface area contributed by atoms with E-state index in [1.165, 1.54) is 0 Å². The van der Waals surface area contributed by atoms with E-state index < -0.39 is 0 Å². The lowest BCUT2D eigenvalue weighted by atomic mass is 10.2. The van der Waals surface area contributed by atoms with Crippen LogP contribution in [0.1, 0.15) is 12.0 Å². The summed E-state index contributed by atoms with van der Waals surface area (Å²) in [6.07, 6.45) is 3.89. The van der Waals surface area contributed by atoms with E-state index in [9.17, 15) is 4.79 Å². The number of nitrogens with two attached hydrogens (primary N) is 1. The molecule has 20 heavy (non-hydrogen) atoms.